The molecule has 6 heteroatoms. The molecule has 0 bridgehead atoms. The monoisotopic (exact) mass is 327 g/mol. The van der Waals surface area contributed by atoms with Crippen LogP contribution in [0, 0.1) is 13.8 Å². The largest absolute Gasteiger partial charge is 0.335 e. The molecule has 2 N–H and O–H groups in total. The molecule has 1 aliphatic heterocycles. The Bertz CT molecular complexity index is 716. The Kier molecular flexibility index (Phi) is 4.85. The maximum absolute atomic E-state index is 12.2. The van der Waals surface area contributed by atoms with Gasteiger partial charge in [0.1, 0.15) is 0 Å². The van der Waals surface area contributed by atoms with Crippen LogP contribution in [0.15, 0.2) is 30.3 Å². The zero-order chi connectivity index (χ0) is 17.1. The van der Waals surface area contributed by atoms with Crippen LogP contribution in [0.5, 0.6) is 0 Å². The van der Waals surface area contributed by atoms with Crippen molar-refractivity contribution in [2.75, 3.05) is 25.5 Å². The van der Waals surface area contributed by atoms with Gasteiger partial charge in [0.15, 0.2) is 0 Å². The Morgan fingerprint density at radius 2 is 1.96 bits per heavy atom. The Morgan fingerprint density at radius 1 is 1.21 bits per heavy atom. The molecular formula is C18H25N5O. The molecule has 0 radical (unpaired) electrons. The van der Waals surface area contributed by atoms with Crippen LogP contribution in [0.2, 0.25) is 0 Å². The molecule has 1 fully saturated rings. The zero-order valence-corrected chi connectivity index (χ0v) is 14.5. The van der Waals surface area contributed by atoms with Gasteiger partial charge in [0.2, 0.25) is 0 Å². The zero-order valence-electron chi connectivity index (χ0n) is 14.5. The topological polar surface area (TPSA) is 62.2 Å². The first kappa shape index (κ1) is 16.5. The average Bonchev–Trinajstić information content (AvgIpc) is 2.88. The van der Waals surface area contributed by atoms with Gasteiger partial charge >= 0.3 is 6.03 Å². The Morgan fingerprint density at radius 3 is 2.62 bits per heavy atom. The van der Waals surface area contributed by atoms with E-state index >= 15 is 0 Å². The van der Waals surface area contributed by atoms with Gasteiger partial charge in [0.05, 0.1) is 11.4 Å². The highest BCUT2D eigenvalue weighted by atomic mass is 16.2. The number of anilines is 1. The van der Waals surface area contributed by atoms with Crippen molar-refractivity contribution in [2.45, 2.75) is 32.7 Å². The molecule has 2 amide bonds. The molecule has 0 aliphatic carbocycles. The van der Waals surface area contributed by atoms with Crippen LogP contribution < -0.4 is 10.6 Å². The summed E-state index contributed by atoms with van der Waals surface area (Å²) in [4.78, 5) is 14.5. The minimum atomic E-state index is -0.143. The predicted octanol–water partition coefficient (Wildman–Crippen LogP) is 2.70. The van der Waals surface area contributed by atoms with Gasteiger partial charge in [-0.15, -0.1) is 0 Å². The number of hydrogen-bond acceptors (Lipinski definition) is 3. The van der Waals surface area contributed by atoms with Gasteiger partial charge < -0.3 is 15.5 Å². The molecule has 1 aromatic heterocycles. The van der Waals surface area contributed by atoms with Crippen molar-refractivity contribution >= 4 is 11.7 Å². The van der Waals surface area contributed by atoms with E-state index in [1.807, 2.05) is 48.9 Å². The summed E-state index contributed by atoms with van der Waals surface area (Å²) in [6.45, 7) is 6.05. The molecule has 0 saturated carbocycles. The molecule has 1 saturated heterocycles. The van der Waals surface area contributed by atoms with Crippen molar-refractivity contribution in [3.63, 3.8) is 0 Å². The summed E-state index contributed by atoms with van der Waals surface area (Å²) in [6, 6.07) is 9.89. The Balaban J connectivity index is 1.64. The van der Waals surface area contributed by atoms with E-state index in [2.05, 4.69) is 27.7 Å². The van der Waals surface area contributed by atoms with Crippen LogP contribution in [0.3, 0.4) is 0 Å². The number of likely N-dealkylation sites (tertiary alicyclic amines) is 1. The molecule has 128 valence electrons. The van der Waals surface area contributed by atoms with Crippen LogP contribution in [-0.2, 0) is 0 Å². The predicted molar refractivity (Wildman–Crippen MR) is 95.7 cm³/mol. The number of amides is 2. The third kappa shape index (κ3) is 3.94. The lowest BCUT2D eigenvalue weighted by Crippen LogP contribution is -2.44. The van der Waals surface area contributed by atoms with Gasteiger partial charge in [0.25, 0.3) is 0 Å². The fraction of sp³-hybridized carbons (Fsp3) is 0.444. The first-order valence-electron chi connectivity index (χ1n) is 8.41. The minimum absolute atomic E-state index is 0.143. The SMILES string of the molecule is Cc1cc(C)n(-c2cccc(NC(=O)NC3CCN(C)CC3)c2)n1. The number of urea groups is 1. The van der Waals surface area contributed by atoms with Gasteiger partial charge in [0, 0.05) is 17.4 Å². The summed E-state index contributed by atoms with van der Waals surface area (Å²) in [5.74, 6) is 0. The molecule has 2 aromatic rings. The van der Waals surface area contributed by atoms with E-state index in [0.29, 0.717) is 0 Å². The van der Waals surface area contributed by atoms with Crippen LogP contribution in [-0.4, -0.2) is 46.9 Å². The Labute approximate surface area is 142 Å². The smallest absolute Gasteiger partial charge is 0.319 e. The molecule has 3 rings (SSSR count). The molecule has 0 unspecified atom stereocenters. The lowest BCUT2D eigenvalue weighted by Gasteiger charge is -2.29. The van der Waals surface area contributed by atoms with Gasteiger partial charge in [-0.25, -0.2) is 9.48 Å². The van der Waals surface area contributed by atoms with E-state index in [-0.39, 0.29) is 12.1 Å². The first-order valence-corrected chi connectivity index (χ1v) is 8.41. The summed E-state index contributed by atoms with van der Waals surface area (Å²) < 4.78 is 1.88. The first-order chi connectivity index (χ1) is 11.5. The highest BCUT2D eigenvalue weighted by Gasteiger charge is 2.18. The molecule has 1 aliphatic rings. The maximum atomic E-state index is 12.2. The molecule has 1 aromatic carbocycles. The number of benzene rings is 1. The minimum Gasteiger partial charge on any atom is -0.335 e. The van der Waals surface area contributed by atoms with E-state index < -0.39 is 0 Å². The third-order valence-corrected chi connectivity index (χ3v) is 4.41. The highest BCUT2D eigenvalue weighted by Crippen LogP contribution is 2.17. The fourth-order valence-corrected chi connectivity index (χ4v) is 3.11. The molecule has 0 spiro atoms. The van der Waals surface area contributed by atoms with Crippen molar-refractivity contribution in [3.05, 3.63) is 41.7 Å². The Hall–Kier alpha value is -2.34. The number of piperidine rings is 1. The van der Waals surface area contributed by atoms with E-state index in [4.69, 9.17) is 0 Å². The summed E-state index contributed by atoms with van der Waals surface area (Å²) >= 11 is 0. The molecule has 2 heterocycles. The standard InChI is InChI=1S/C18H25N5O/c1-13-11-14(2)23(21-13)17-6-4-5-16(12-17)20-18(24)19-15-7-9-22(3)10-8-15/h4-6,11-12,15H,7-10H2,1-3H3,(H2,19,20,24). The third-order valence-electron chi connectivity index (χ3n) is 4.41. The van der Waals surface area contributed by atoms with Crippen LogP contribution in [0.25, 0.3) is 5.69 Å². The molecule has 0 atom stereocenters. The van der Waals surface area contributed by atoms with Crippen molar-refractivity contribution in [1.82, 2.24) is 20.0 Å². The second-order valence-electron chi connectivity index (χ2n) is 6.57. The van der Waals surface area contributed by atoms with Crippen molar-refractivity contribution in [3.8, 4) is 5.69 Å². The van der Waals surface area contributed by atoms with E-state index in [1.54, 1.807) is 0 Å². The molecule has 6 nitrogen and oxygen atoms in total. The van der Waals surface area contributed by atoms with Crippen molar-refractivity contribution in [2.24, 2.45) is 0 Å². The number of aromatic nitrogens is 2. The summed E-state index contributed by atoms with van der Waals surface area (Å²) in [5, 5.41) is 10.5. The molecular weight excluding hydrogens is 302 g/mol. The van der Waals surface area contributed by atoms with Gasteiger partial charge in [-0.2, -0.15) is 5.10 Å². The van der Waals surface area contributed by atoms with Gasteiger partial charge in [-0.05, 0) is 71.1 Å². The lowest BCUT2D eigenvalue weighted by molar-refractivity contribution is 0.221. The highest BCUT2D eigenvalue weighted by molar-refractivity contribution is 5.89. The van der Waals surface area contributed by atoms with Gasteiger partial charge in [-0.3, -0.25) is 0 Å². The summed E-state index contributed by atoms with van der Waals surface area (Å²) in [7, 11) is 2.11. The quantitative estimate of drug-likeness (QED) is 0.911. The van der Waals surface area contributed by atoms with Crippen molar-refractivity contribution in [1.29, 1.82) is 0 Å². The van der Waals surface area contributed by atoms with Crippen LogP contribution >= 0.6 is 0 Å². The number of nitrogens with one attached hydrogen (secondary N) is 2. The number of hydrogen-bond donors (Lipinski definition) is 2. The summed E-state index contributed by atoms with van der Waals surface area (Å²) in [5.41, 5.74) is 3.76. The van der Waals surface area contributed by atoms with Gasteiger partial charge in [-0.1, -0.05) is 6.07 Å². The maximum Gasteiger partial charge on any atom is 0.319 e. The van der Waals surface area contributed by atoms with Crippen LogP contribution in [0.1, 0.15) is 24.2 Å². The number of nitrogens with zero attached hydrogens (tertiary/aromatic N) is 3. The summed E-state index contributed by atoms with van der Waals surface area (Å²) in [6.07, 6.45) is 1.99. The van der Waals surface area contributed by atoms with Crippen LogP contribution in [0.4, 0.5) is 10.5 Å². The average molecular weight is 327 g/mol. The second kappa shape index (κ2) is 7.05. The number of carbonyl (C=O) groups excluding carboxylic acids is 1. The van der Waals surface area contributed by atoms with Crippen molar-refractivity contribution < 1.29 is 4.79 Å². The fourth-order valence-electron chi connectivity index (χ4n) is 3.11. The second-order valence-corrected chi connectivity index (χ2v) is 6.57. The number of rotatable bonds is 3. The lowest BCUT2D eigenvalue weighted by atomic mass is 10.1. The van der Waals surface area contributed by atoms with E-state index in [1.165, 1.54) is 0 Å². The number of carbonyl (C=O) groups is 1. The van der Waals surface area contributed by atoms with E-state index in [9.17, 15) is 4.79 Å². The van der Waals surface area contributed by atoms with E-state index in [0.717, 1.165) is 48.7 Å². The molecule has 24 heavy (non-hydrogen) atoms. The number of aryl methyl sites for hydroxylation is 2. The normalized spacial score (nSPS) is 16.1.